The monoisotopic (exact) mass is 586 g/mol. The van der Waals surface area contributed by atoms with E-state index >= 15 is 0 Å². The highest BCUT2D eigenvalue weighted by Crippen LogP contribution is 2.32. The minimum Gasteiger partial charge on any atom is -0.206 e. The zero-order valence-electron chi connectivity index (χ0n) is 22.3. The summed E-state index contributed by atoms with van der Waals surface area (Å²) in [6.07, 6.45) is 0. The van der Waals surface area contributed by atoms with E-state index in [2.05, 4.69) is 0 Å². The molecule has 0 aliphatic carbocycles. The molecular formula is C36H21F7. The molecule has 0 saturated heterocycles. The van der Waals surface area contributed by atoms with Gasteiger partial charge in [-0.1, -0.05) is 91.0 Å². The van der Waals surface area contributed by atoms with Crippen LogP contribution in [-0.2, 0) is 0 Å². The molecule has 0 aromatic heterocycles. The normalized spacial score (nSPS) is 10.7. The molecule has 43 heavy (non-hydrogen) atoms. The highest BCUT2D eigenvalue weighted by atomic mass is 19.2. The van der Waals surface area contributed by atoms with Gasteiger partial charge >= 0.3 is 0 Å². The standard InChI is InChI=1S/C18H10F4.C18H11F3/c19-14-7-6-12(8-15(14)20)18-16(21)9-13(10-17(18)22)11-4-2-1-3-5-11;19-16-10-15(11-17(20)18(16)21)14-8-6-13(7-9-14)12-4-2-1-3-5-12/h1-10H;1-11H. The van der Waals surface area contributed by atoms with Crippen molar-refractivity contribution >= 4 is 0 Å². The van der Waals surface area contributed by atoms with Gasteiger partial charge in [-0.05, 0) is 75.3 Å². The molecule has 0 aliphatic heterocycles. The molecule has 0 amide bonds. The third-order valence-corrected chi connectivity index (χ3v) is 6.67. The van der Waals surface area contributed by atoms with Gasteiger partial charge in [0.25, 0.3) is 0 Å². The van der Waals surface area contributed by atoms with Crippen molar-refractivity contribution in [2.45, 2.75) is 0 Å². The van der Waals surface area contributed by atoms with Gasteiger partial charge in [0.15, 0.2) is 29.1 Å². The van der Waals surface area contributed by atoms with Crippen molar-refractivity contribution in [1.82, 2.24) is 0 Å². The Morgan fingerprint density at radius 3 is 1.07 bits per heavy atom. The van der Waals surface area contributed by atoms with E-state index in [4.69, 9.17) is 0 Å². The van der Waals surface area contributed by atoms with Crippen LogP contribution in [0.3, 0.4) is 0 Å². The maximum Gasteiger partial charge on any atom is 0.194 e. The molecule has 6 rings (SSSR count). The van der Waals surface area contributed by atoms with E-state index in [0.29, 0.717) is 22.3 Å². The van der Waals surface area contributed by atoms with Gasteiger partial charge in [-0.15, -0.1) is 0 Å². The van der Waals surface area contributed by atoms with Crippen molar-refractivity contribution in [1.29, 1.82) is 0 Å². The van der Waals surface area contributed by atoms with Crippen LogP contribution in [0.25, 0.3) is 44.5 Å². The Balaban J connectivity index is 0.000000171. The average molecular weight is 587 g/mol. The fraction of sp³-hybridized carbons (Fsp3) is 0. The summed E-state index contributed by atoms with van der Waals surface area (Å²) in [4.78, 5) is 0. The summed E-state index contributed by atoms with van der Waals surface area (Å²) in [5.74, 6) is -7.68. The fourth-order valence-corrected chi connectivity index (χ4v) is 4.51. The lowest BCUT2D eigenvalue weighted by Crippen LogP contribution is -1.94. The number of hydrogen-bond donors (Lipinski definition) is 0. The van der Waals surface area contributed by atoms with E-state index in [-0.39, 0.29) is 11.1 Å². The Bertz CT molecular complexity index is 1820. The zero-order chi connectivity index (χ0) is 30.5. The molecule has 0 aliphatic rings. The molecule has 0 saturated carbocycles. The van der Waals surface area contributed by atoms with Gasteiger partial charge in [0.2, 0.25) is 0 Å². The third kappa shape index (κ3) is 6.67. The maximum absolute atomic E-state index is 14.3. The first-order valence-corrected chi connectivity index (χ1v) is 13.0. The van der Waals surface area contributed by atoms with Crippen LogP contribution in [0, 0.1) is 40.7 Å². The fourth-order valence-electron chi connectivity index (χ4n) is 4.51. The quantitative estimate of drug-likeness (QED) is 0.142. The molecule has 0 heterocycles. The van der Waals surface area contributed by atoms with Gasteiger partial charge in [-0.3, -0.25) is 0 Å². The largest absolute Gasteiger partial charge is 0.206 e. The molecule has 0 bridgehead atoms. The summed E-state index contributed by atoms with van der Waals surface area (Å²) in [7, 11) is 0. The lowest BCUT2D eigenvalue weighted by molar-refractivity contribution is 0.448. The molecule has 0 N–H and O–H groups in total. The number of hydrogen-bond acceptors (Lipinski definition) is 0. The first kappa shape index (κ1) is 29.3. The average Bonchev–Trinajstić information content (AvgIpc) is 3.02. The van der Waals surface area contributed by atoms with Gasteiger partial charge < -0.3 is 0 Å². The van der Waals surface area contributed by atoms with E-state index < -0.39 is 40.7 Å². The molecule has 6 aromatic rings. The Kier molecular flexibility index (Phi) is 8.71. The maximum atomic E-state index is 14.3. The Morgan fingerprint density at radius 2 is 0.605 bits per heavy atom. The highest BCUT2D eigenvalue weighted by molar-refractivity contribution is 5.72. The molecule has 0 fully saturated rings. The Morgan fingerprint density at radius 1 is 0.256 bits per heavy atom. The molecule has 0 atom stereocenters. The van der Waals surface area contributed by atoms with E-state index in [1.165, 1.54) is 12.1 Å². The van der Waals surface area contributed by atoms with Crippen molar-refractivity contribution in [3.05, 3.63) is 168 Å². The smallest absolute Gasteiger partial charge is 0.194 e. The van der Waals surface area contributed by atoms with Gasteiger partial charge in [-0.25, -0.2) is 30.7 Å². The first-order valence-electron chi connectivity index (χ1n) is 13.0. The lowest BCUT2D eigenvalue weighted by Gasteiger charge is -2.09. The summed E-state index contributed by atoms with van der Waals surface area (Å²) in [5.41, 5.74) is 3.62. The van der Waals surface area contributed by atoms with Crippen LogP contribution in [0.15, 0.2) is 127 Å². The van der Waals surface area contributed by atoms with Crippen molar-refractivity contribution in [2.24, 2.45) is 0 Å². The van der Waals surface area contributed by atoms with Crippen LogP contribution >= 0.6 is 0 Å². The Labute approximate surface area is 243 Å². The molecule has 214 valence electrons. The molecular weight excluding hydrogens is 565 g/mol. The van der Waals surface area contributed by atoms with E-state index in [9.17, 15) is 30.7 Å². The van der Waals surface area contributed by atoms with E-state index in [0.717, 1.165) is 41.5 Å². The summed E-state index contributed by atoms with van der Waals surface area (Å²) < 4.78 is 94.2. The summed E-state index contributed by atoms with van der Waals surface area (Å²) in [6.45, 7) is 0. The summed E-state index contributed by atoms with van der Waals surface area (Å²) in [6, 6.07) is 32.9. The van der Waals surface area contributed by atoms with Crippen LogP contribution in [0.1, 0.15) is 0 Å². The van der Waals surface area contributed by atoms with E-state index in [1.807, 2.05) is 42.5 Å². The van der Waals surface area contributed by atoms with Gasteiger partial charge in [0.05, 0.1) is 5.56 Å². The zero-order valence-corrected chi connectivity index (χ0v) is 22.3. The molecule has 0 unspecified atom stereocenters. The highest BCUT2D eigenvalue weighted by Gasteiger charge is 2.16. The topological polar surface area (TPSA) is 0 Å². The van der Waals surface area contributed by atoms with Crippen LogP contribution in [0.5, 0.6) is 0 Å². The van der Waals surface area contributed by atoms with Crippen LogP contribution < -0.4 is 0 Å². The lowest BCUT2D eigenvalue weighted by atomic mass is 9.99. The minimum atomic E-state index is -1.44. The van der Waals surface area contributed by atoms with Gasteiger partial charge in [0, 0.05) is 0 Å². The van der Waals surface area contributed by atoms with Crippen LogP contribution in [0.2, 0.25) is 0 Å². The molecule has 0 spiro atoms. The summed E-state index contributed by atoms with van der Waals surface area (Å²) in [5, 5.41) is 0. The van der Waals surface area contributed by atoms with Crippen molar-refractivity contribution in [3.63, 3.8) is 0 Å². The second-order valence-electron chi connectivity index (χ2n) is 9.51. The SMILES string of the molecule is Fc1cc(-c2ccc(-c3ccccc3)cc2)cc(F)c1F.Fc1ccc(-c2c(F)cc(-c3ccccc3)cc2F)cc1F. The van der Waals surface area contributed by atoms with Crippen molar-refractivity contribution in [3.8, 4) is 44.5 Å². The van der Waals surface area contributed by atoms with Crippen LogP contribution in [0.4, 0.5) is 30.7 Å². The first-order chi connectivity index (χ1) is 20.7. The molecule has 6 aromatic carbocycles. The second kappa shape index (κ2) is 12.8. The van der Waals surface area contributed by atoms with Gasteiger partial charge in [-0.2, -0.15) is 0 Å². The number of benzene rings is 6. The third-order valence-electron chi connectivity index (χ3n) is 6.67. The summed E-state index contributed by atoms with van der Waals surface area (Å²) >= 11 is 0. The second-order valence-corrected chi connectivity index (χ2v) is 9.51. The predicted octanol–water partition coefficient (Wildman–Crippen LogP) is 11.0. The predicted molar refractivity (Wildman–Crippen MR) is 154 cm³/mol. The number of halogens is 7. The van der Waals surface area contributed by atoms with E-state index in [1.54, 1.807) is 42.5 Å². The number of rotatable bonds is 4. The van der Waals surface area contributed by atoms with Crippen LogP contribution in [-0.4, -0.2) is 0 Å². The van der Waals surface area contributed by atoms with Crippen molar-refractivity contribution in [2.75, 3.05) is 0 Å². The molecule has 0 radical (unpaired) electrons. The van der Waals surface area contributed by atoms with Crippen molar-refractivity contribution < 1.29 is 30.7 Å². The molecule has 7 heteroatoms. The van der Waals surface area contributed by atoms with Gasteiger partial charge in [0.1, 0.15) is 11.6 Å². The Hall–Kier alpha value is -5.17. The minimum absolute atomic E-state index is 0.0477. The molecule has 0 nitrogen and oxygen atoms in total.